The summed E-state index contributed by atoms with van der Waals surface area (Å²) in [6.07, 6.45) is 8.92. The third-order valence-electron chi connectivity index (χ3n) is 5.40. The normalized spacial score (nSPS) is 24.6. The van der Waals surface area contributed by atoms with E-state index >= 15 is 0 Å². The zero-order valence-corrected chi connectivity index (χ0v) is 13.9. The zero-order chi connectivity index (χ0) is 16.4. The molecule has 4 nitrogen and oxygen atoms in total. The molecule has 0 bridgehead atoms. The van der Waals surface area contributed by atoms with Crippen LogP contribution in [0.1, 0.15) is 24.8 Å². The summed E-state index contributed by atoms with van der Waals surface area (Å²) in [5.41, 5.74) is 1.11. The summed E-state index contributed by atoms with van der Waals surface area (Å²) < 4.78 is 13.9. The van der Waals surface area contributed by atoms with Crippen LogP contribution < -0.4 is 4.90 Å². The number of rotatable bonds is 3. The molecule has 1 aromatic heterocycles. The van der Waals surface area contributed by atoms with Crippen LogP contribution in [0.15, 0.2) is 42.9 Å². The van der Waals surface area contributed by atoms with Gasteiger partial charge in [0.2, 0.25) is 0 Å². The van der Waals surface area contributed by atoms with Crippen LogP contribution in [0.5, 0.6) is 0 Å². The standard InChI is InChI=1S/C19H23FN4/c20-17-5-2-1-4-16(17)13-23-10-3-6-19(14-23)7-11-24(15-19)18-12-21-8-9-22-18/h1-2,4-5,8-9,12H,3,6-7,10-11,13-15H2. The predicted octanol–water partition coefficient (Wildman–Crippen LogP) is 3.11. The lowest BCUT2D eigenvalue weighted by Crippen LogP contribution is -2.44. The van der Waals surface area contributed by atoms with Crippen LogP contribution >= 0.6 is 0 Å². The largest absolute Gasteiger partial charge is 0.355 e. The van der Waals surface area contributed by atoms with Gasteiger partial charge in [0, 0.05) is 49.6 Å². The van der Waals surface area contributed by atoms with Gasteiger partial charge in [-0.05, 0) is 31.9 Å². The smallest absolute Gasteiger partial charge is 0.147 e. The maximum absolute atomic E-state index is 13.9. The molecule has 1 atom stereocenters. The molecule has 1 unspecified atom stereocenters. The molecule has 0 amide bonds. The Balaban J connectivity index is 1.44. The number of likely N-dealkylation sites (tertiary alicyclic amines) is 1. The molecule has 0 aliphatic carbocycles. The number of hydrogen-bond acceptors (Lipinski definition) is 4. The number of halogens is 1. The summed E-state index contributed by atoms with van der Waals surface area (Å²) in [6.45, 7) is 4.87. The zero-order valence-electron chi connectivity index (χ0n) is 13.9. The van der Waals surface area contributed by atoms with Crippen molar-refractivity contribution < 1.29 is 4.39 Å². The van der Waals surface area contributed by atoms with Crippen molar-refractivity contribution in [1.29, 1.82) is 0 Å². The van der Waals surface area contributed by atoms with Crippen LogP contribution in [-0.4, -0.2) is 41.0 Å². The Bertz CT molecular complexity index is 693. The highest BCUT2D eigenvalue weighted by molar-refractivity contribution is 5.37. The Labute approximate surface area is 142 Å². The van der Waals surface area contributed by atoms with E-state index in [9.17, 15) is 4.39 Å². The summed E-state index contributed by atoms with van der Waals surface area (Å²) in [6, 6.07) is 7.13. The highest BCUT2D eigenvalue weighted by atomic mass is 19.1. The highest BCUT2D eigenvalue weighted by Gasteiger charge is 2.41. The van der Waals surface area contributed by atoms with Crippen LogP contribution in [0.25, 0.3) is 0 Å². The van der Waals surface area contributed by atoms with Gasteiger partial charge >= 0.3 is 0 Å². The minimum Gasteiger partial charge on any atom is -0.355 e. The van der Waals surface area contributed by atoms with E-state index in [2.05, 4.69) is 19.8 Å². The molecule has 24 heavy (non-hydrogen) atoms. The molecular formula is C19H23FN4. The Morgan fingerprint density at radius 1 is 1.08 bits per heavy atom. The number of nitrogens with zero attached hydrogens (tertiary/aromatic N) is 4. The number of piperidine rings is 1. The van der Waals surface area contributed by atoms with Crippen LogP contribution in [0.4, 0.5) is 10.2 Å². The lowest BCUT2D eigenvalue weighted by Gasteiger charge is -2.40. The van der Waals surface area contributed by atoms with Gasteiger partial charge in [0.05, 0.1) is 6.20 Å². The van der Waals surface area contributed by atoms with Crippen molar-refractivity contribution in [3.8, 4) is 0 Å². The molecule has 4 rings (SSSR count). The molecule has 1 aromatic carbocycles. The van der Waals surface area contributed by atoms with Crippen molar-refractivity contribution in [2.75, 3.05) is 31.1 Å². The third-order valence-corrected chi connectivity index (χ3v) is 5.40. The van der Waals surface area contributed by atoms with E-state index in [1.165, 1.54) is 19.3 Å². The molecule has 1 spiro atoms. The van der Waals surface area contributed by atoms with E-state index in [4.69, 9.17) is 0 Å². The Kier molecular flexibility index (Phi) is 4.19. The summed E-state index contributed by atoms with van der Waals surface area (Å²) in [5.74, 6) is 0.880. The number of hydrogen-bond donors (Lipinski definition) is 0. The van der Waals surface area contributed by atoms with E-state index < -0.39 is 0 Å². The van der Waals surface area contributed by atoms with Crippen molar-refractivity contribution in [2.45, 2.75) is 25.8 Å². The third kappa shape index (κ3) is 3.13. The molecule has 2 aliphatic rings. The molecule has 2 aromatic rings. The lowest BCUT2D eigenvalue weighted by atomic mass is 9.79. The minimum atomic E-state index is -0.0928. The SMILES string of the molecule is Fc1ccccc1CN1CCCC2(CCN(c3cnccn3)C2)C1. The molecule has 2 saturated heterocycles. The number of aromatic nitrogens is 2. The van der Waals surface area contributed by atoms with Gasteiger partial charge in [-0.25, -0.2) is 9.37 Å². The van der Waals surface area contributed by atoms with Crippen molar-refractivity contribution in [3.05, 3.63) is 54.2 Å². The second-order valence-electron chi connectivity index (χ2n) is 7.14. The van der Waals surface area contributed by atoms with E-state index in [-0.39, 0.29) is 5.82 Å². The summed E-state index contributed by atoms with van der Waals surface area (Å²) in [5, 5.41) is 0. The molecule has 5 heteroatoms. The Morgan fingerprint density at radius 2 is 2.00 bits per heavy atom. The van der Waals surface area contributed by atoms with Gasteiger partial charge in [-0.15, -0.1) is 0 Å². The van der Waals surface area contributed by atoms with Gasteiger partial charge in [0.1, 0.15) is 11.6 Å². The lowest BCUT2D eigenvalue weighted by molar-refractivity contribution is 0.0982. The number of anilines is 1. The fourth-order valence-electron chi connectivity index (χ4n) is 4.23. The van der Waals surface area contributed by atoms with Crippen molar-refractivity contribution in [2.24, 2.45) is 5.41 Å². The maximum Gasteiger partial charge on any atom is 0.147 e. The average molecular weight is 326 g/mol. The van der Waals surface area contributed by atoms with E-state index in [0.29, 0.717) is 12.0 Å². The molecule has 2 aliphatic heterocycles. The van der Waals surface area contributed by atoms with Crippen LogP contribution in [0.2, 0.25) is 0 Å². The quantitative estimate of drug-likeness (QED) is 0.867. The fraction of sp³-hybridized carbons (Fsp3) is 0.474. The first-order chi connectivity index (χ1) is 11.7. The van der Waals surface area contributed by atoms with E-state index in [1.807, 2.05) is 18.3 Å². The topological polar surface area (TPSA) is 32.3 Å². The fourth-order valence-corrected chi connectivity index (χ4v) is 4.23. The van der Waals surface area contributed by atoms with Crippen molar-refractivity contribution in [1.82, 2.24) is 14.9 Å². The van der Waals surface area contributed by atoms with Crippen LogP contribution in [-0.2, 0) is 6.54 Å². The first kappa shape index (κ1) is 15.5. The van der Waals surface area contributed by atoms with Gasteiger partial charge in [-0.1, -0.05) is 18.2 Å². The predicted molar refractivity (Wildman–Crippen MR) is 92.2 cm³/mol. The molecule has 0 radical (unpaired) electrons. The molecule has 126 valence electrons. The van der Waals surface area contributed by atoms with Gasteiger partial charge in [-0.3, -0.25) is 9.88 Å². The molecular weight excluding hydrogens is 303 g/mol. The second-order valence-corrected chi connectivity index (χ2v) is 7.14. The van der Waals surface area contributed by atoms with Gasteiger partial charge < -0.3 is 4.90 Å². The van der Waals surface area contributed by atoms with E-state index in [0.717, 1.165) is 37.6 Å². The highest BCUT2D eigenvalue weighted by Crippen LogP contribution is 2.40. The second kappa shape index (κ2) is 6.48. The average Bonchev–Trinajstić information content (AvgIpc) is 3.01. The van der Waals surface area contributed by atoms with Crippen molar-refractivity contribution >= 4 is 5.82 Å². The molecule has 2 fully saturated rings. The summed E-state index contributed by atoms with van der Waals surface area (Å²) in [7, 11) is 0. The minimum absolute atomic E-state index is 0.0928. The summed E-state index contributed by atoms with van der Waals surface area (Å²) in [4.78, 5) is 13.4. The molecule has 0 N–H and O–H groups in total. The van der Waals surface area contributed by atoms with Gasteiger partial charge in [0.25, 0.3) is 0 Å². The maximum atomic E-state index is 13.9. The Hall–Kier alpha value is -2.01. The van der Waals surface area contributed by atoms with Crippen LogP contribution in [0, 0.1) is 11.2 Å². The van der Waals surface area contributed by atoms with Gasteiger partial charge in [0.15, 0.2) is 0 Å². The van der Waals surface area contributed by atoms with Crippen LogP contribution in [0.3, 0.4) is 0 Å². The van der Waals surface area contributed by atoms with E-state index in [1.54, 1.807) is 24.5 Å². The molecule has 3 heterocycles. The summed E-state index contributed by atoms with van der Waals surface area (Å²) >= 11 is 0. The van der Waals surface area contributed by atoms with Crippen molar-refractivity contribution in [3.63, 3.8) is 0 Å². The first-order valence-electron chi connectivity index (χ1n) is 8.71. The number of benzene rings is 1. The molecule has 0 saturated carbocycles. The Morgan fingerprint density at radius 3 is 2.83 bits per heavy atom. The van der Waals surface area contributed by atoms with Gasteiger partial charge in [-0.2, -0.15) is 0 Å². The first-order valence-corrected chi connectivity index (χ1v) is 8.71. The monoisotopic (exact) mass is 326 g/mol.